The molecule has 1 aromatic carbocycles. The Morgan fingerprint density at radius 2 is 1.81 bits per heavy atom. The molecule has 1 aromatic rings. The molecule has 0 unspecified atom stereocenters. The number of hydrogen-bond donors (Lipinski definition) is 2. The smallest absolute Gasteiger partial charge is 0.303 e. The summed E-state index contributed by atoms with van der Waals surface area (Å²) >= 11 is 0. The fourth-order valence-electron chi connectivity index (χ4n) is 3.25. The number of amides is 3. The molecule has 3 rings (SSSR count). The molecule has 1 saturated carbocycles. The van der Waals surface area contributed by atoms with E-state index in [4.69, 9.17) is 0 Å². The van der Waals surface area contributed by atoms with Gasteiger partial charge in [0, 0.05) is 0 Å². The molecule has 21 heavy (non-hydrogen) atoms. The van der Waals surface area contributed by atoms with E-state index >= 15 is 0 Å². The van der Waals surface area contributed by atoms with E-state index in [0.717, 1.165) is 5.56 Å². The van der Waals surface area contributed by atoms with Crippen molar-refractivity contribution in [3.05, 3.63) is 40.6 Å². The first kappa shape index (κ1) is 13.9. The molecule has 0 aromatic heterocycles. The van der Waals surface area contributed by atoms with Crippen LogP contribution in [0.4, 0.5) is 4.79 Å². The Labute approximate surface area is 124 Å². The van der Waals surface area contributed by atoms with Crippen LogP contribution in [0.3, 0.4) is 0 Å². The van der Waals surface area contributed by atoms with Crippen molar-refractivity contribution >= 4 is 18.0 Å². The van der Waals surface area contributed by atoms with Gasteiger partial charge in [0.15, 0.2) is 0 Å². The van der Waals surface area contributed by atoms with E-state index in [1.165, 1.54) is 43.2 Å². The summed E-state index contributed by atoms with van der Waals surface area (Å²) in [5.41, 5.74) is 3.84. The minimum absolute atomic E-state index is 0.320. The molecule has 1 heterocycles. The predicted octanol–water partition coefficient (Wildman–Crippen LogP) is 3.22. The van der Waals surface area contributed by atoms with Gasteiger partial charge in [0.1, 0.15) is 5.70 Å². The van der Waals surface area contributed by atoms with Gasteiger partial charge in [0.25, 0.3) is 5.91 Å². The molecule has 110 valence electrons. The second-order valence-corrected chi connectivity index (χ2v) is 5.98. The van der Waals surface area contributed by atoms with Gasteiger partial charge in [-0.25, -0.2) is 4.79 Å². The van der Waals surface area contributed by atoms with Crippen molar-refractivity contribution in [2.24, 2.45) is 0 Å². The maximum Gasteiger partial charge on any atom is 0.326 e. The topological polar surface area (TPSA) is 58.2 Å². The second kappa shape index (κ2) is 5.72. The quantitative estimate of drug-likeness (QED) is 0.647. The molecule has 2 fully saturated rings. The summed E-state index contributed by atoms with van der Waals surface area (Å²) in [7, 11) is 0. The van der Waals surface area contributed by atoms with Gasteiger partial charge < -0.3 is 5.32 Å². The van der Waals surface area contributed by atoms with Crippen LogP contribution in [-0.4, -0.2) is 11.9 Å². The molecule has 3 amide bonds. The maximum absolute atomic E-state index is 11.6. The zero-order valence-corrected chi connectivity index (χ0v) is 12.2. The lowest BCUT2D eigenvalue weighted by molar-refractivity contribution is -0.115. The van der Waals surface area contributed by atoms with Gasteiger partial charge in [-0.1, -0.05) is 43.0 Å². The Balaban J connectivity index is 1.89. The predicted molar refractivity (Wildman–Crippen MR) is 81.7 cm³/mol. The van der Waals surface area contributed by atoms with E-state index in [-0.39, 0.29) is 5.91 Å². The van der Waals surface area contributed by atoms with Crippen molar-refractivity contribution in [2.75, 3.05) is 0 Å². The van der Waals surface area contributed by atoms with Gasteiger partial charge in [-0.2, -0.15) is 0 Å². The van der Waals surface area contributed by atoms with E-state index in [2.05, 4.69) is 29.7 Å². The Kier molecular flexibility index (Phi) is 3.78. The van der Waals surface area contributed by atoms with Gasteiger partial charge in [-0.3, -0.25) is 10.1 Å². The molecule has 1 saturated heterocycles. The fourth-order valence-corrected chi connectivity index (χ4v) is 3.25. The van der Waals surface area contributed by atoms with Crippen molar-refractivity contribution in [1.29, 1.82) is 0 Å². The maximum atomic E-state index is 11.6. The first-order valence-corrected chi connectivity index (χ1v) is 7.57. The van der Waals surface area contributed by atoms with Gasteiger partial charge in [0.2, 0.25) is 0 Å². The Bertz CT molecular complexity index is 613. The van der Waals surface area contributed by atoms with Crippen LogP contribution in [0.5, 0.6) is 0 Å². The largest absolute Gasteiger partial charge is 0.326 e. The van der Waals surface area contributed by atoms with Crippen molar-refractivity contribution < 1.29 is 9.59 Å². The monoisotopic (exact) mass is 284 g/mol. The summed E-state index contributed by atoms with van der Waals surface area (Å²) in [5, 5.41) is 4.75. The number of carbonyl (C=O) groups excluding carboxylic acids is 2. The average Bonchev–Trinajstić information content (AvgIpc) is 2.77. The third kappa shape index (κ3) is 3.15. The zero-order valence-electron chi connectivity index (χ0n) is 12.2. The van der Waals surface area contributed by atoms with Crippen LogP contribution < -0.4 is 10.6 Å². The first-order chi connectivity index (χ1) is 10.1. The summed E-state index contributed by atoms with van der Waals surface area (Å²) in [6.45, 7) is 2.07. The third-order valence-electron chi connectivity index (χ3n) is 4.23. The van der Waals surface area contributed by atoms with Crippen molar-refractivity contribution in [3.8, 4) is 0 Å². The van der Waals surface area contributed by atoms with Gasteiger partial charge >= 0.3 is 6.03 Å². The molecule has 0 bridgehead atoms. The third-order valence-corrected chi connectivity index (χ3v) is 4.23. The fraction of sp³-hybridized carbons (Fsp3) is 0.412. The van der Waals surface area contributed by atoms with Crippen LogP contribution in [0.15, 0.2) is 23.9 Å². The van der Waals surface area contributed by atoms with Crippen molar-refractivity contribution in [2.45, 2.75) is 44.9 Å². The number of benzene rings is 1. The summed E-state index contributed by atoms with van der Waals surface area (Å²) in [4.78, 5) is 22.7. The highest BCUT2D eigenvalue weighted by atomic mass is 16.2. The number of nitrogens with one attached hydrogen (secondary N) is 2. The molecule has 4 nitrogen and oxygen atoms in total. The number of hydrogen-bond acceptors (Lipinski definition) is 2. The van der Waals surface area contributed by atoms with Crippen molar-refractivity contribution in [1.82, 2.24) is 10.6 Å². The lowest BCUT2D eigenvalue weighted by atomic mass is 9.83. The number of urea groups is 1. The first-order valence-electron chi connectivity index (χ1n) is 7.57. The highest BCUT2D eigenvalue weighted by molar-refractivity contribution is 6.13. The molecule has 2 N–H and O–H groups in total. The molecule has 2 aliphatic rings. The summed E-state index contributed by atoms with van der Waals surface area (Å²) < 4.78 is 0. The van der Waals surface area contributed by atoms with Crippen LogP contribution in [0.25, 0.3) is 6.08 Å². The molecular weight excluding hydrogens is 264 g/mol. The molecule has 0 atom stereocenters. The molecular formula is C17H20N2O2. The number of aryl methyl sites for hydroxylation is 1. The lowest BCUT2D eigenvalue weighted by Gasteiger charge is -2.22. The SMILES string of the molecule is Cc1cc(/C=C2\NC(=O)NC2=O)cc(C2CCCCC2)c1. The highest BCUT2D eigenvalue weighted by Gasteiger charge is 2.23. The Morgan fingerprint density at radius 1 is 1.05 bits per heavy atom. The minimum Gasteiger partial charge on any atom is -0.303 e. The van der Waals surface area contributed by atoms with E-state index in [1.54, 1.807) is 6.08 Å². The summed E-state index contributed by atoms with van der Waals surface area (Å²) in [6.07, 6.45) is 8.18. The van der Waals surface area contributed by atoms with E-state index in [0.29, 0.717) is 11.6 Å². The van der Waals surface area contributed by atoms with E-state index in [9.17, 15) is 9.59 Å². The number of rotatable bonds is 2. The summed E-state index contributed by atoms with van der Waals surface area (Å²) in [6, 6.07) is 5.97. The van der Waals surface area contributed by atoms with Crippen LogP contribution in [-0.2, 0) is 4.79 Å². The van der Waals surface area contributed by atoms with E-state index in [1.807, 2.05) is 6.07 Å². The molecule has 4 heteroatoms. The van der Waals surface area contributed by atoms with Crippen LogP contribution in [0, 0.1) is 6.92 Å². The van der Waals surface area contributed by atoms with Crippen molar-refractivity contribution in [3.63, 3.8) is 0 Å². The zero-order chi connectivity index (χ0) is 14.8. The van der Waals surface area contributed by atoms with Gasteiger partial charge in [0.05, 0.1) is 0 Å². The summed E-state index contributed by atoms with van der Waals surface area (Å²) in [5.74, 6) is 0.267. The number of carbonyl (C=O) groups is 2. The molecule has 0 spiro atoms. The average molecular weight is 284 g/mol. The second-order valence-electron chi connectivity index (χ2n) is 5.98. The van der Waals surface area contributed by atoms with Crippen LogP contribution >= 0.6 is 0 Å². The normalized spacial score (nSPS) is 21.5. The molecule has 1 aliphatic carbocycles. The standard InChI is InChI=1S/C17H20N2O2/c1-11-7-12(10-15-16(20)19-17(21)18-15)9-14(8-11)13-5-3-2-4-6-13/h7-10,13H,2-6H2,1H3,(H2,18,19,20,21)/b15-10-. The van der Waals surface area contributed by atoms with Gasteiger partial charge in [-0.05, 0) is 42.9 Å². The number of imide groups is 1. The van der Waals surface area contributed by atoms with E-state index < -0.39 is 6.03 Å². The molecule has 0 radical (unpaired) electrons. The Morgan fingerprint density at radius 3 is 2.48 bits per heavy atom. The minimum atomic E-state index is -0.452. The Hall–Kier alpha value is -2.10. The highest BCUT2D eigenvalue weighted by Crippen LogP contribution is 2.33. The van der Waals surface area contributed by atoms with Crippen LogP contribution in [0.1, 0.15) is 54.7 Å². The van der Waals surface area contributed by atoms with Gasteiger partial charge in [-0.15, -0.1) is 0 Å². The molecule has 1 aliphatic heterocycles. The lowest BCUT2D eigenvalue weighted by Crippen LogP contribution is -2.22. The van der Waals surface area contributed by atoms with Crippen LogP contribution in [0.2, 0.25) is 0 Å².